The molecule has 2 rings (SSSR count). The van der Waals surface area contributed by atoms with Gasteiger partial charge in [-0.3, -0.25) is 0 Å². The lowest BCUT2D eigenvalue weighted by Crippen LogP contribution is -2.26. The zero-order valence-corrected chi connectivity index (χ0v) is 14.8. The molecule has 1 saturated carbocycles. The van der Waals surface area contributed by atoms with Crippen molar-refractivity contribution in [3.63, 3.8) is 0 Å². The quantitative estimate of drug-likeness (QED) is 0.792. The third-order valence-corrected chi connectivity index (χ3v) is 5.93. The minimum Gasteiger partial charge on any atom is -0.495 e. The van der Waals surface area contributed by atoms with Crippen molar-refractivity contribution >= 4 is 11.6 Å². The molecule has 0 heterocycles. The SMILES string of the molecule is CCCNC(c1ccc(Cl)c(OC)c1)C1C(C)(C)C1(C)C. The van der Waals surface area contributed by atoms with Crippen LogP contribution in [0.1, 0.15) is 52.6 Å². The summed E-state index contributed by atoms with van der Waals surface area (Å²) >= 11 is 6.17. The Balaban J connectivity index is 2.33. The molecular formula is C18H28ClNO. The maximum absolute atomic E-state index is 6.17. The highest BCUT2D eigenvalue weighted by atomic mass is 35.5. The summed E-state index contributed by atoms with van der Waals surface area (Å²) in [5.41, 5.74) is 1.95. The Morgan fingerprint density at radius 2 is 1.86 bits per heavy atom. The second kappa shape index (κ2) is 5.81. The molecule has 1 aromatic rings. The topological polar surface area (TPSA) is 21.3 Å². The van der Waals surface area contributed by atoms with Gasteiger partial charge in [0, 0.05) is 6.04 Å². The Morgan fingerprint density at radius 1 is 1.24 bits per heavy atom. The van der Waals surface area contributed by atoms with E-state index in [1.807, 2.05) is 6.07 Å². The van der Waals surface area contributed by atoms with Gasteiger partial charge in [-0.1, -0.05) is 52.3 Å². The molecule has 1 aromatic carbocycles. The van der Waals surface area contributed by atoms with Gasteiger partial charge < -0.3 is 10.1 Å². The molecule has 1 fully saturated rings. The van der Waals surface area contributed by atoms with Gasteiger partial charge in [0.2, 0.25) is 0 Å². The lowest BCUT2D eigenvalue weighted by atomic mass is 9.96. The fourth-order valence-corrected chi connectivity index (χ4v) is 3.87. The molecule has 1 aliphatic rings. The third kappa shape index (κ3) is 2.80. The maximum atomic E-state index is 6.17. The van der Waals surface area contributed by atoms with E-state index in [1.54, 1.807) is 7.11 Å². The van der Waals surface area contributed by atoms with Gasteiger partial charge in [-0.2, -0.15) is 0 Å². The second-order valence-electron chi connectivity index (χ2n) is 7.25. The van der Waals surface area contributed by atoms with E-state index in [0.717, 1.165) is 18.7 Å². The highest BCUT2D eigenvalue weighted by Gasteiger charge is 2.67. The number of methoxy groups -OCH3 is 1. The van der Waals surface area contributed by atoms with Gasteiger partial charge in [0.25, 0.3) is 0 Å². The maximum Gasteiger partial charge on any atom is 0.137 e. The zero-order valence-electron chi connectivity index (χ0n) is 14.1. The van der Waals surface area contributed by atoms with Crippen molar-refractivity contribution in [2.75, 3.05) is 13.7 Å². The lowest BCUT2D eigenvalue weighted by Gasteiger charge is -2.22. The molecule has 118 valence electrons. The first-order valence-corrected chi connectivity index (χ1v) is 8.22. The van der Waals surface area contributed by atoms with E-state index in [-0.39, 0.29) is 0 Å². The summed E-state index contributed by atoms with van der Waals surface area (Å²) in [6.07, 6.45) is 1.13. The molecule has 0 radical (unpaired) electrons. The molecule has 0 aromatic heterocycles. The van der Waals surface area contributed by atoms with E-state index in [9.17, 15) is 0 Å². The average Bonchev–Trinajstić information content (AvgIpc) is 2.83. The summed E-state index contributed by atoms with van der Waals surface area (Å²) in [7, 11) is 1.67. The van der Waals surface area contributed by atoms with Crippen LogP contribution in [0.25, 0.3) is 0 Å². The molecular weight excluding hydrogens is 282 g/mol. The summed E-state index contributed by atoms with van der Waals surface area (Å²) in [4.78, 5) is 0. The van der Waals surface area contributed by atoms with E-state index in [4.69, 9.17) is 16.3 Å². The summed E-state index contributed by atoms with van der Waals surface area (Å²) in [5, 5.41) is 4.40. The van der Waals surface area contributed by atoms with E-state index < -0.39 is 0 Å². The standard InChI is InChI=1S/C18H28ClNO/c1-7-10-20-15(16-17(2,3)18(16,4)5)12-8-9-13(19)14(11-12)21-6/h8-9,11,15-16,20H,7,10H2,1-6H3. The molecule has 2 nitrogen and oxygen atoms in total. The van der Waals surface area contributed by atoms with Gasteiger partial charge in [-0.05, 0) is 47.4 Å². The van der Waals surface area contributed by atoms with Crippen molar-refractivity contribution in [2.45, 2.75) is 47.1 Å². The number of hydrogen-bond acceptors (Lipinski definition) is 2. The molecule has 0 amide bonds. The Morgan fingerprint density at radius 3 is 2.33 bits per heavy atom. The monoisotopic (exact) mass is 309 g/mol. The van der Waals surface area contributed by atoms with E-state index in [2.05, 4.69) is 52.1 Å². The molecule has 1 N–H and O–H groups in total. The number of halogens is 1. The Bertz CT molecular complexity index is 496. The van der Waals surface area contributed by atoms with Crippen LogP contribution in [0.2, 0.25) is 5.02 Å². The Labute approximate surface area is 134 Å². The van der Waals surface area contributed by atoms with Crippen molar-refractivity contribution < 1.29 is 4.74 Å². The van der Waals surface area contributed by atoms with Gasteiger partial charge in [0.05, 0.1) is 12.1 Å². The van der Waals surface area contributed by atoms with Crippen LogP contribution in [-0.4, -0.2) is 13.7 Å². The number of ether oxygens (including phenoxy) is 1. The largest absolute Gasteiger partial charge is 0.495 e. The highest BCUT2D eigenvalue weighted by Crippen LogP contribution is 2.72. The van der Waals surface area contributed by atoms with Crippen molar-refractivity contribution in [1.82, 2.24) is 5.32 Å². The fourth-order valence-electron chi connectivity index (χ4n) is 3.68. The molecule has 1 atom stereocenters. The summed E-state index contributed by atoms with van der Waals surface area (Å²) in [5.74, 6) is 1.37. The van der Waals surface area contributed by atoms with Crippen LogP contribution in [0.3, 0.4) is 0 Å². The van der Waals surface area contributed by atoms with E-state index >= 15 is 0 Å². The molecule has 21 heavy (non-hydrogen) atoms. The first-order chi connectivity index (χ1) is 9.77. The smallest absolute Gasteiger partial charge is 0.137 e. The first-order valence-electron chi connectivity index (χ1n) is 7.84. The van der Waals surface area contributed by atoms with Crippen LogP contribution in [0, 0.1) is 16.7 Å². The van der Waals surface area contributed by atoms with Crippen LogP contribution in [0.15, 0.2) is 18.2 Å². The molecule has 3 heteroatoms. The zero-order chi connectivity index (χ0) is 15.8. The normalized spacial score (nSPS) is 21.1. The Kier molecular flexibility index (Phi) is 4.60. The molecule has 1 aliphatic carbocycles. The molecule has 0 spiro atoms. The average molecular weight is 310 g/mol. The highest BCUT2D eigenvalue weighted by molar-refractivity contribution is 6.32. The van der Waals surface area contributed by atoms with Gasteiger partial charge >= 0.3 is 0 Å². The predicted octanol–water partition coefficient (Wildman–Crippen LogP) is 5.07. The number of hydrogen-bond donors (Lipinski definition) is 1. The van der Waals surface area contributed by atoms with Gasteiger partial charge in [-0.25, -0.2) is 0 Å². The van der Waals surface area contributed by atoms with Crippen molar-refractivity contribution in [1.29, 1.82) is 0 Å². The van der Waals surface area contributed by atoms with Gasteiger partial charge in [0.1, 0.15) is 5.75 Å². The minimum atomic E-state index is 0.339. The van der Waals surface area contributed by atoms with E-state index in [0.29, 0.717) is 27.8 Å². The number of benzene rings is 1. The van der Waals surface area contributed by atoms with Gasteiger partial charge in [-0.15, -0.1) is 0 Å². The Hall–Kier alpha value is -0.730. The predicted molar refractivity (Wildman–Crippen MR) is 90.1 cm³/mol. The summed E-state index contributed by atoms with van der Waals surface area (Å²) < 4.78 is 5.38. The summed E-state index contributed by atoms with van der Waals surface area (Å²) in [6, 6.07) is 6.50. The van der Waals surface area contributed by atoms with Crippen LogP contribution >= 0.6 is 11.6 Å². The lowest BCUT2D eigenvalue weighted by molar-refractivity contribution is 0.398. The van der Waals surface area contributed by atoms with Crippen molar-refractivity contribution in [3.8, 4) is 5.75 Å². The molecule has 0 saturated heterocycles. The van der Waals surface area contributed by atoms with E-state index in [1.165, 1.54) is 5.56 Å². The van der Waals surface area contributed by atoms with Crippen molar-refractivity contribution in [2.24, 2.45) is 16.7 Å². The molecule has 0 aliphatic heterocycles. The second-order valence-corrected chi connectivity index (χ2v) is 7.65. The molecule has 0 bridgehead atoms. The van der Waals surface area contributed by atoms with Gasteiger partial charge in [0.15, 0.2) is 0 Å². The minimum absolute atomic E-state index is 0.339. The number of rotatable bonds is 6. The molecule has 1 unspecified atom stereocenters. The van der Waals surface area contributed by atoms with Crippen LogP contribution in [-0.2, 0) is 0 Å². The van der Waals surface area contributed by atoms with Crippen LogP contribution in [0.5, 0.6) is 5.75 Å². The third-order valence-electron chi connectivity index (χ3n) is 5.61. The van der Waals surface area contributed by atoms with Crippen molar-refractivity contribution in [3.05, 3.63) is 28.8 Å². The first kappa shape index (κ1) is 16.6. The summed E-state index contributed by atoms with van der Waals surface area (Å²) in [6.45, 7) is 12.7. The number of nitrogens with one attached hydrogen (secondary N) is 1. The van der Waals surface area contributed by atoms with Crippen LogP contribution in [0.4, 0.5) is 0 Å². The fraction of sp³-hybridized carbons (Fsp3) is 0.667. The van der Waals surface area contributed by atoms with Crippen LogP contribution < -0.4 is 10.1 Å².